The van der Waals surface area contributed by atoms with Crippen LogP contribution in [-0.2, 0) is 4.74 Å². The first-order chi connectivity index (χ1) is 10.6. The van der Waals surface area contributed by atoms with Crippen molar-refractivity contribution < 1.29 is 14.6 Å². The van der Waals surface area contributed by atoms with Gasteiger partial charge in [-0.25, -0.2) is 0 Å². The summed E-state index contributed by atoms with van der Waals surface area (Å²) in [5.74, 6) is -0.0583. The maximum Gasteiger partial charge on any atom is 0.271 e. The molecule has 1 aromatic carbocycles. The molecule has 5 nitrogen and oxygen atoms in total. The van der Waals surface area contributed by atoms with Crippen LogP contribution < -0.4 is 0 Å². The second-order valence-corrected chi connectivity index (χ2v) is 6.46. The number of H-pyrrole nitrogens is 1. The van der Waals surface area contributed by atoms with Crippen molar-refractivity contribution in [2.45, 2.75) is 25.5 Å². The number of nitrogens with one attached hydrogen (secondary N) is 1. The van der Waals surface area contributed by atoms with Crippen LogP contribution in [0.1, 0.15) is 23.8 Å². The fourth-order valence-corrected chi connectivity index (χ4v) is 3.52. The number of para-hydroxylation sites is 1. The lowest BCUT2D eigenvalue weighted by Gasteiger charge is -2.36. The molecule has 1 aliphatic heterocycles. The monoisotopic (exact) mass is 366 g/mol. The number of hydrogen-bond donors (Lipinski definition) is 2. The lowest BCUT2D eigenvalue weighted by atomic mass is 10.1. The van der Waals surface area contributed by atoms with Crippen LogP contribution >= 0.6 is 15.9 Å². The zero-order valence-electron chi connectivity index (χ0n) is 12.4. The van der Waals surface area contributed by atoms with Crippen LogP contribution in [0, 0.1) is 0 Å². The second kappa shape index (κ2) is 6.40. The largest absolute Gasteiger partial charge is 0.393 e. The molecule has 118 valence electrons. The van der Waals surface area contributed by atoms with Crippen molar-refractivity contribution in [3.8, 4) is 0 Å². The quantitative estimate of drug-likeness (QED) is 0.876. The Morgan fingerprint density at radius 2 is 2.32 bits per heavy atom. The Bertz CT molecular complexity index is 683. The fraction of sp³-hybridized carbons (Fsp3) is 0.438. The number of ether oxygens (including phenoxy) is 1. The molecule has 1 fully saturated rings. The molecule has 2 aromatic rings. The minimum atomic E-state index is -0.465. The molecule has 1 aromatic heterocycles. The molecule has 1 saturated heterocycles. The maximum absolute atomic E-state index is 12.9. The SMILES string of the molecule is C[C@H](O)C[C@H]1COCCN1C(=O)c1[nH]c2ccccc2c1Br. The van der Waals surface area contributed by atoms with Gasteiger partial charge in [-0.3, -0.25) is 4.79 Å². The summed E-state index contributed by atoms with van der Waals surface area (Å²) in [7, 11) is 0. The van der Waals surface area contributed by atoms with Crippen molar-refractivity contribution >= 4 is 32.7 Å². The lowest BCUT2D eigenvalue weighted by molar-refractivity contribution is -0.0155. The Balaban J connectivity index is 1.91. The van der Waals surface area contributed by atoms with Crippen LogP contribution in [0.4, 0.5) is 0 Å². The summed E-state index contributed by atoms with van der Waals surface area (Å²) in [5, 5.41) is 10.6. The number of aliphatic hydroxyl groups is 1. The third kappa shape index (κ3) is 2.91. The molecule has 2 heterocycles. The standard InChI is InChI=1S/C16H19BrN2O3/c1-10(20)8-11-9-22-7-6-19(11)16(21)15-14(17)12-4-2-3-5-13(12)18-15/h2-5,10-11,18,20H,6-9H2,1H3/t10-,11-/m0/s1. The van der Waals surface area contributed by atoms with E-state index in [9.17, 15) is 9.90 Å². The maximum atomic E-state index is 12.9. The number of amides is 1. The van der Waals surface area contributed by atoms with Gasteiger partial charge >= 0.3 is 0 Å². The molecule has 0 saturated carbocycles. The molecule has 0 spiro atoms. The van der Waals surface area contributed by atoms with E-state index < -0.39 is 6.10 Å². The number of rotatable bonds is 3. The number of halogens is 1. The summed E-state index contributed by atoms with van der Waals surface area (Å²) in [6, 6.07) is 7.70. The third-order valence-corrected chi connectivity index (χ3v) is 4.78. The summed E-state index contributed by atoms with van der Waals surface area (Å²) in [5.41, 5.74) is 1.48. The third-order valence-electron chi connectivity index (χ3n) is 3.96. The predicted octanol–water partition coefficient (Wildman–Crippen LogP) is 2.54. The minimum absolute atomic E-state index is 0.0583. The fourth-order valence-electron chi connectivity index (χ4n) is 2.91. The summed E-state index contributed by atoms with van der Waals surface area (Å²) in [6.07, 6.45) is 0.0528. The first-order valence-corrected chi connectivity index (χ1v) is 8.20. The Labute approximate surface area is 137 Å². The van der Waals surface area contributed by atoms with Crippen LogP contribution in [0.15, 0.2) is 28.7 Å². The Hall–Kier alpha value is -1.37. The molecular formula is C16H19BrN2O3. The van der Waals surface area contributed by atoms with E-state index in [-0.39, 0.29) is 11.9 Å². The summed E-state index contributed by atoms with van der Waals surface area (Å²) < 4.78 is 6.25. The first-order valence-electron chi connectivity index (χ1n) is 7.41. The van der Waals surface area contributed by atoms with Crippen molar-refractivity contribution in [1.82, 2.24) is 9.88 Å². The van der Waals surface area contributed by atoms with Gasteiger partial charge in [0, 0.05) is 17.4 Å². The number of hydrogen-bond acceptors (Lipinski definition) is 3. The Kier molecular flexibility index (Phi) is 4.52. The van der Waals surface area contributed by atoms with E-state index in [1.807, 2.05) is 24.3 Å². The number of carbonyl (C=O) groups excluding carboxylic acids is 1. The van der Waals surface area contributed by atoms with Crippen LogP contribution in [0.25, 0.3) is 10.9 Å². The van der Waals surface area contributed by atoms with E-state index in [1.54, 1.807) is 11.8 Å². The summed E-state index contributed by atoms with van der Waals surface area (Å²) in [6.45, 7) is 3.27. The summed E-state index contributed by atoms with van der Waals surface area (Å²) in [4.78, 5) is 17.9. The van der Waals surface area contributed by atoms with E-state index in [0.717, 1.165) is 15.4 Å². The number of aliphatic hydroxyl groups excluding tert-OH is 1. The van der Waals surface area contributed by atoms with Crippen molar-refractivity contribution in [3.63, 3.8) is 0 Å². The molecular weight excluding hydrogens is 348 g/mol. The molecule has 6 heteroatoms. The van der Waals surface area contributed by atoms with Gasteiger partial charge in [-0.05, 0) is 35.3 Å². The molecule has 0 radical (unpaired) electrons. The number of aromatic amines is 1. The van der Waals surface area contributed by atoms with Gasteiger partial charge in [0.1, 0.15) is 5.69 Å². The van der Waals surface area contributed by atoms with Crippen LogP contribution in [0.2, 0.25) is 0 Å². The Morgan fingerprint density at radius 3 is 3.05 bits per heavy atom. The molecule has 22 heavy (non-hydrogen) atoms. The van der Waals surface area contributed by atoms with Crippen molar-refractivity contribution in [1.29, 1.82) is 0 Å². The zero-order chi connectivity index (χ0) is 15.7. The highest BCUT2D eigenvalue weighted by molar-refractivity contribution is 9.10. The number of morpholine rings is 1. The highest BCUT2D eigenvalue weighted by Gasteiger charge is 2.31. The number of benzene rings is 1. The molecule has 2 N–H and O–H groups in total. The lowest BCUT2D eigenvalue weighted by Crippen LogP contribution is -2.50. The second-order valence-electron chi connectivity index (χ2n) is 5.67. The first kappa shape index (κ1) is 15.5. The van der Waals surface area contributed by atoms with Gasteiger partial charge in [0.05, 0.1) is 29.8 Å². The molecule has 0 bridgehead atoms. The molecule has 0 aliphatic carbocycles. The number of fused-ring (bicyclic) bond motifs is 1. The van der Waals surface area contributed by atoms with Gasteiger partial charge in [-0.1, -0.05) is 18.2 Å². The zero-order valence-corrected chi connectivity index (χ0v) is 14.0. The van der Waals surface area contributed by atoms with E-state index >= 15 is 0 Å². The molecule has 1 aliphatic rings. The topological polar surface area (TPSA) is 65.6 Å². The van der Waals surface area contributed by atoms with Gasteiger partial charge in [-0.15, -0.1) is 0 Å². The Morgan fingerprint density at radius 1 is 1.55 bits per heavy atom. The number of nitrogens with zero attached hydrogens (tertiary/aromatic N) is 1. The van der Waals surface area contributed by atoms with Gasteiger partial charge in [-0.2, -0.15) is 0 Å². The van der Waals surface area contributed by atoms with Crippen LogP contribution in [0.5, 0.6) is 0 Å². The van der Waals surface area contributed by atoms with Crippen molar-refractivity contribution in [3.05, 3.63) is 34.4 Å². The highest BCUT2D eigenvalue weighted by atomic mass is 79.9. The smallest absolute Gasteiger partial charge is 0.271 e. The summed E-state index contributed by atoms with van der Waals surface area (Å²) >= 11 is 3.53. The predicted molar refractivity (Wildman–Crippen MR) is 87.9 cm³/mol. The average molecular weight is 367 g/mol. The number of carbonyl (C=O) groups is 1. The van der Waals surface area contributed by atoms with E-state index in [2.05, 4.69) is 20.9 Å². The number of aromatic nitrogens is 1. The van der Waals surface area contributed by atoms with Crippen LogP contribution in [-0.4, -0.2) is 52.8 Å². The van der Waals surface area contributed by atoms with E-state index in [0.29, 0.717) is 31.9 Å². The highest BCUT2D eigenvalue weighted by Crippen LogP contribution is 2.29. The average Bonchev–Trinajstić information content (AvgIpc) is 2.84. The van der Waals surface area contributed by atoms with E-state index in [4.69, 9.17) is 4.74 Å². The molecule has 0 unspecified atom stereocenters. The van der Waals surface area contributed by atoms with Crippen LogP contribution in [0.3, 0.4) is 0 Å². The van der Waals surface area contributed by atoms with Gasteiger partial charge in [0.2, 0.25) is 0 Å². The molecule has 1 amide bonds. The minimum Gasteiger partial charge on any atom is -0.393 e. The van der Waals surface area contributed by atoms with Gasteiger partial charge in [0.15, 0.2) is 0 Å². The van der Waals surface area contributed by atoms with Gasteiger partial charge < -0.3 is 19.7 Å². The van der Waals surface area contributed by atoms with E-state index in [1.165, 1.54) is 0 Å². The van der Waals surface area contributed by atoms with Crippen molar-refractivity contribution in [2.24, 2.45) is 0 Å². The molecule has 2 atom stereocenters. The van der Waals surface area contributed by atoms with Gasteiger partial charge in [0.25, 0.3) is 5.91 Å². The van der Waals surface area contributed by atoms with Crippen molar-refractivity contribution in [2.75, 3.05) is 19.8 Å². The normalized spacial score (nSPS) is 20.3. The molecule has 3 rings (SSSR count).